The van der Waals surface area contributed by atoms with E-state index in [1.807, 2.05) is 19.9 Å². The van der Waals surface area contributed by atoms with Gasteiger partial charge < -0.3 is 15.2 Å². The zero-order chi connectivity index (χ0) is 26.6. The molecule has 1 saturated heterocycles. The predicted molar refractivity (Wildman–Crippen MR) is 160 cm³/mol. The summed E-state index contributed by atoms with van der Waals surface area (Å²) in [5, 5.41) is 4.42. The fourth-order valence-electron chi connectivity index (χ4n) is 5.89. The molecule has 0 saturated carbocycles. The van der Waals surface area contributed by atoms with Crippen molar-refractivity contribution in [3.05, 3.63) is 89.0 Å². The van der Waals surface area contributed by atoms with Crippen LogP contribution < -0.4 is 5.32 Å². The standard InChI is InChI=1S/C34H41N3O/c1-23(2)34(38)35-28-13-8-12-27(22-28)26-17-20-37(21-18-26)19-9-16-31-30-15-7-11-25(4)32(30)36-33(31)29-14-6-5-10-24(29)3/h5-8,10-15,22-23,26,36H,9,16-21H2,1-4H3,(H,35,38). The van der Waals surface area contributed by atoms with Crippen LogP contribution in [0.3, 0.4) is 0 Å². The molecule has 198 valence electrons. The fourth-order valence-corrected chi connectivity index (χ4v) is 5.89. The number of carbonyl (C=O) groups excluding carboxylic acids is 1. The van der Waals surface area contributed by atoms with E-state index in [9.17, 15) is 4.79 Å². The van der Waals surface area contributed by atoms with E-state index in [0.717, 1.165) is 38.2 Å². The zero-order valence-corrected chi connectivity index (χ0v) is 23.3. The van der Waals surface area contributed by atoms with Crippen molar-refractivity contribution in [1.82, 2.24) is 9.88 Å². The van der Waals surface area contributed by atoms with Crippen molar-refractivity contribution < 1.29 is 4.79 Å². The highest BCUT2D eigenvalue weighted by Gasteiger charge is 2.22. The molecule has 1 fully saturated rings. The minimum atomic E-state index is -0.0111. The van der Waals surface area contributed by atoms with Gasteiger partial charge in [-0.05, 0) is 99.5 Å². The Morgan fingerprint density at radius 1 is 0.974 bits per heavy atom. The Morgan fingerprint density at radius 2 is 1.71 bits per heavy atom. The summed E-state index contributed by atoms with van der Waals surface area (Å²) in [7, 11) is 0. The predicted octanol–water partition coefficient (Wildman–Crippen LogP) is 7.86. The minimum absolute atomic E-state index is 0.0111. The van der Waals surface area contributed by atoms with E-state index < -0.39 is 0 Å². The highest BCUT2D eigenvalue weighted by molar-refractivity contribution is 5.93. The molecule has 4 aromatic rings. The SMILES string of the molecule is Cc1ccccc1-c1[nH]c2c(C)cccc2c1CCCN1CCC(c2cccc(NC(=O)C(C)C)c2)CC1. The number of amides is 1. The average molecular weight is 508 g/mol. The van der Waals surface area contributed by atoms with E-state index in [1.54, 1.807) is 0 Å². The number of piperidine rings is 1. The number of aromatic amines is 1. The van der Waals surface area contributed by atoms with Crippen molar-refractivity contribution >= 4 is 22.5 Å². The number of rotatable bonds is 8. The maximum absolute atomic E-state index is 12.1. The Morgan fingerprint density at radius 3 is 2.47 bits per heavy atom. The normalized spacial score (nSPS) is 14.9. The summed E-state index contributed by atoms with van der Waals surface area (Å²) in [6.45, 7) is 11.6. The van der Waals surface area contributed by atoms with Gasteiger partial charge in [0.1, 0.15) is 0 Å². The molecule has 1 aliphatic rings. The lowest BCUT2D eigenvalue weighted by Gasteiger charge is -2.32. The van der Waals surface area contributed by atoms with Crippen LogP contribution in [0.4, 0.5) is 5.69 Å². The van der Waals surface area contributed by atoms with Crippen LogP contribution in [0, 0.1) is 19.8 Å². The van der Waals surface area contributed by atoms with Crippen molar-refractivity contribution in [2.75, 3.05) is 25.0 Å². The number of benzene rings is 3. The Hall–Kier alpha value is -3.37. The van der Waals surface area contributed by atoms with Crippen LogP contribution in [0.2, 0.25) is 0 Å². The summed E-state index contributed by atoms with van der Waals surface area (Å²) >= 11 is 0. The summed E-state index contributed by atoms with van der Waals surface area (Å²) < 4.78 is 0. The van der Waals surface area contributed by atoms with Gasteiger partial charge in [-0.1, -0.05) is 68.4 Å². The lowest BCUT2D eigenvalue weighted by Crippen LogP contribution is -2.33. The Bertz CT molecular complexity index is 1410. The van der Waals surface area contributed by atoms with Gasteiger partial charge in [-0.15, -0.1) is 0 Å². The van der Waals surface area contributed by atoms with Gasteiger partial charge in [0.25, 0.3) is 0 Å². The number of anilines is 1. The van der Waals surface area contributed by atoms with Gasteiger partial charge in [0.2, 0.25) is 5.91 Å². The summed E-state index contributed by atoms with van der Waals surface area (Å²) in [6.07, 6.45) is 4.57. The third kappa shape index (κ3) is 5.71. The van der Waals surface area contributed by atoms with Gasteiger partial charge in [-0.3, -0.25) is 4.79 Å². The molecule has 0 atom stereocenters. The number of likely N-dealkylation sites (tertiary alicyclic amines) is 1. The van der Waals surface area contributed by atoms with Crippen molar-refractivity contribution in [1.29, 1.82) is 0 Å². The highest BCUT2D eigenvalue weighted by atomic mass is 16.1. The molecule has 5 rings (SSSR count). The minimum Gasteiger partial charge on any atom is -0.354 e. The van der Waals surface area contributed by atoms with Gasteiger partial charge in [-0.25, -0.2) is 0 Å². The Labute approximate surface area is 227 Å². The van der Waals surface area contributed by atoms with Crippen LogP contribution >= 0.6 is 0 Å². The number of nitrogens with zero attached hydrogens (tertiary/aromatic N) is 1. The summed E-state index contributed by atoms with van der Waals surface area (Å²) in [5.74, 6) is 0.627. The van der Waals surface area contributed by atoms with E-state index in [2.05, 4.69) is 89.7 Å². The molecule has 1 aromatic heterocycles. The first-order valence-corrected chi connectivity index (χ1v) is 14.2. The third-order valence-electron chi connectivity index (χ3n) is 8.20. The maximum Gasteiger partial charge on any atom is 0.226 e. The molecule has 1 aliphatic heterocycles. The Kier molecular flexibility index (Phi) is 7.99. The largest absolute Gasteiger partial charge is 0.354 e. The lowest BCUT2D eigenvalue weighted by atomic mass is 9.89. The van der Waals surface area contributed by atoms with Crippen LogP contribution in [0.25, 0.3) is 22.2 Å². The van der Waals surface area contributed by atoms with Gasteiger partial charge in [0, 0.05) is 33.8 Å². The number of hydrogen-bond acceptors (Lipinski definition) is 2. The molecule has 0 radical (unpaired) electrons. The molecular formula is C34H41N3O. The first-order valence-electron chi connectivity index (χ1n) is 14.2. The summed E-state index contributed by atoms with van der Waals surface area (Å²) in [4.78, 5) is 18.5. The second kappa shape index (κ2) is 11.6. The third-order valence-corrected chi connectivity index (χ3v) is 8.20. The number of para-hydroxylation sites is 1. The van der Waals surface area contributed by atoms with Gasteiger partial charge >= 0.3 is 0 Å². The Balaban J connectivity index is 1.22. The number of aromatic nitrogens is 1. The van der Waals surface area contributed by atoms with Gasteiger partial charge in [0.05, 0.1) is 0 Å². The number of H-pyrrole nitrogens is 1. The van der Waals surface area contributed by atoms with E-state index in [1.165, 1.54) is 57.3 Å². The van der Waals surface area contributed by atoms with Crippen molar-refractivity contribution in [2.24, 2.45) is 5.92 Å². The summed E-state index contributed by atoms with van der Waals surface area (Å²) in [5.41, 5.74) is 10.2. The van der Waals surface area contributed by atoms with Crippen LogP contribution in [0.1, 0.15) is 61.3 Å². The number of fused-ring (bicyclic) bond motifs is 1. The zero-order valence-electron chi connectivity index (χ0n) is 23.3. The molecule has 0 aliphatic carbocycles. The van der Waals surface area contributed by atoms with Crippen LogP contribution in [0.15, 0.2) is 66.7 Å². The molecule has 2 N–H and O–H groups in total. The smallest absolute Gasteiger partial charge is 0.226 e. The second-order valence-electron chi connectivity index (χ2n) is 11.3. The monoisotopic (exact) mass is 507 g/mol. The van der Waals surface area contributed by atoms with Crippen LogP contribution in [-0.2, 0) is 11.2 Å². The van der Waals surface area contributed by atoms with Crippen molar-refractivity contribution in [3.63, 3.8) is 0 Å². The fraction of sp³-hybridized carbons (Fsp3) is 0.382. The quantitative estimate of drug-likeness (QED) is 0.255. The maximum atomic E-state index is 12.1. The molecule has 3 aromatic carbocycles. The molecule has 0 bridgehead atoms. The number of aryl methyl sites for hydroxylation is 3. The number of nitrogens with one attached hydrogen (secondary N) is 2. The van der Waals surface area contributed by atoms with E-state index in [4.69, 9.17) is 0 Å². The van der Waals surface area contributed by atoms with Gasteiger partial charge in [0.15, 0.2) is 0 Å². The molecule has 38 heavy (non-hydrogen) atoms. The van der Waals surface area contributed by atoms with Crippen molar-refractivity contribution in [3.8, 4) is 11.3 Å². The van der Waals surface area contributed by atoms with E-state index in [0.29, 0.717) is 5.92 Å². The van der Waals surface area contributed by atoms with Crippen molar-refractivity contribution in [2.45, 2.75) is 59.3 Å². The molecule has 0 unspecified atom stereocenters. The molecule has 0 spiro atoms. The van der Waals surface area contributed by atoms with Crippen LogP contribution in [0.5, 0.6) is 0 Å². The number of hydrogen-bond donors (Lipinski definition) is 2. The molecule has 4 nitrogen and oxygen atoms in total. The summed E-state index contributed by atoms with van der Waals surface area (Å²) in [6, 6.07) is 23.8. The first-order chi connectivity index (χ1) is 18.4. The van der Waals surface area contributed by atoms with Crippen LogP contribution in [-0.4, -0.2) is 35.4 Å². The lowest BCUT2D eigenvalue weighted by molar-refractivity contribution is -0.118. The average Bonchev–Trinajstić information content (AvgIpc) is 3.29. The molecule has 2 heterocycles. The topological polar surface area (TPSA) is 48.1 Å². The molecule has 1 amide bonds. The first kappa shape index (κ1) is 26.2. The second-order valence-corrected chi connectivity index (χ2v) is 11.3. The molecular weight excluding hydrogens is 466 g/mol. The molecule has 4 heteroatoms. The number of carbonyl (C=O) groups is 1. The van der Waals surface area contributed by atoms with E-state index in [-0.39, 0.29) is 11.8 Å². The van der Waals surface area contributed by atoms with E-state index >= 15 is 0 Å². The van der Waals surface area contributed by atoms with Gasteiger partial charge in [-0.2, -0.15) is 0 Å². The highest BCUT2D eigenvalue weighted by Crippen LogP contribution is 2.35.